The second-order valence-corrected chi connectivity index (χ2v) is 6.59. The molecule has 0 bridgehead atoms. The number of pyridine rings is 1. The smallest absolute Gasteiger partial charge is 0.0705 e. The Hall–Kier alpha value is -1.10. The summed E-state index contributed by atoms with van der Waals surface area (Å²) in [6.45, 7) is 4.47. The average molecular weight is 289 g/mol. The molecule has 4 heteroatoms. The van der Waals surface area contributed by atoms with Crippen molar-refractivity contribution in [2.75, 3.05) is 5.75 Å². The fourth-order valence-electron chi connectivity index (χ4n) is 2.04. The third-order valence-corrected chi connectivity index (χ3v) is 5.00. The fraction of sp³-hybridized carbons (Fsp3) is 0.438. The first-order chi connectivity index (χ1) is 9.72. The number of nitrogens with one attached hydrogen (secondary N) is 1. The van der Waals surface area contributed by atoms with Gasteiger partial charge in [-0.2, -0.15) is 11.8 Å². The summed E-state index contributed by atoms with van der Waals surface area (Å²) in [7, 11) is 0. The molecule has 108 valence electrons. The van der Waals surface area contributed by atoms with Crippen molar-refractivity contribution in [1.82, 2.24) is 10.4 Å². The molecular formula is C16H23N3S. The number of hydrogen-bond acceptors (Lipinski definition) is 4. The molecule has 1 aromatic heterocycles. The van der Waals surface area contributed by atoms with Crippen molar-refractivity contribution in [3.8, 4) is 0 Å². The minimum Gasteiger partial charge on any atom is -0.271 e. The predicted octanol–water partition coefficient (Wildman–Crippen LogP) is 3.14. The van der Waals surface area contributed by atoms with E-state index in [4.69, 9.17) is 10.8 Å². The molecule has 3 nitrogen and oxygen atoms in total. The van der Waals surface area contributed by atoms with E-state index in [0.29, 0.717) is 5.25 Å². The number of hydrazine groups is 1. The first-order valence-electron chi connectivity index (χ1n) is 7.15. The van der Waals surface area contributed by atoms with E-state index in [2.05, 4.69) is 43.5 Å². The second-order valence-electron chi connectivity index (χ2n) is 5.12. The number of para-hydroxylation sites is 1. The zero-order valence-corrected chi connectivity index (χ0v) is 13.0. The van der Waals surface area contributed by atoms with Crippen LogP contribution in [0.5, 0.6) is 0 Å². The molecule has 0 fully saturated rings. The highest BCUT2D eigenvalue weighted by Crippen LogP contribution is 2.17. The van der Waals surface area contributed by atoms with Gasteiger partial charge in [0.2, 0.25) is 0 Å². The highest BCUT2D eigenvalue weighted by Gasteiger charge is 2.11. The van der Waals surface area contributed by atoms with Gasteiger partial charge in [0, 0.05) is 34.5 Å². The molecular weight excluding hydrogens is 266 g/mol. The molecule has 1 heterocycles. The largest absolute Gasteiger partial charge is 0.271 e. The number of nitrogens with zero attached hydrogens (tertiary/aromatic N) is 1. The van der Waals surface area contributed by atoms with Gasteiger partial charge < -0.3 is 0 Å². The van der Waals surface area contributed by atoms with Crippen LogP contribution in [0.4, 0.5) is 0 Å². The predicted molar refractivity (Wildman–Crippen MR) is 88.8 cm³/mol. The fourth-order valence-corrected chi connectivity index (χ4v) is 3.05. The van der Waals surface area contributed by atoms with Crippen molar-refractivity contribution >= 4 is 22.7 Å². The van der Waals surface area contributed by atoms with Crippen molar-refractivity contribution in [3.63, 3.8) is 0 Å². The number of hydrogen-bond donors (Lipinski definition) is 2. The van der Waals surface area contributed by atoms with Gasteiger partial charge in [0.05, 0.1) is 5.52 Å². The minimum atomic E-state index is 0.266. The molecule has 0 radical (unpaired) electrons. The maximum absolute atomic E-state index is 5.67. The van der Waals surface area contributed by atoms with Crippen LogP contribution < -0.4 is 11.3 Å². The Labute approximate surface area is 125 Å². The first-order valence-corrected chi connectivity index (χ1v) is 8.20. The zero-order chi connectivity index (χ0) is 14.4. The van der Waals surface area contributed by atoms with Crippen LogP contribution in [0.2, 0.25) is 0 Å². The van der Waals surface area contributed by atoms with Gasteiger partial charge in [-0.15, -0.1) is 0 Å². The number of aromatic nitrogens is 1. The van der Waals surface area contributed by atoms with Crippen LogP contribution in [0, 0.1) is 0 Å². The molecule has 0 aliphatic heterocycles. The summed E-state index contributed by atoms with van der Waals surface area (Å²) in [5.74, 6) is 6.68. The van der Waals surface area contributed by atoms with Gasteiger partial charge in [-0.25, -0.2) is 0 Å². The second kappa shape index (κ2) is 7.62. The molecule has 0 aliphatic rings. The van der Waals surface area contributed by atoms with E-state index in [1.54, 1.807) is 0 Å². The third-order valence-electron chi connectivity index (χ3n) is 3.50. The Bertz CT molecular complexity index is 544. The summed E-state index contributed by atoms with van der Waals surface area (Å²) >= 11 is 1.96. The molecule has 3 N–H and O–H groups in total. The van der Waals surface area contributed by atoms with E-state index in [-0.39, 0.29) is 6.04 Å². The van der Waals surface area contributed by atoms with Crippen LogP contribution in [0.1, 0.15) is 26.0 Å². The van der Waals surface area contributed by atoms with Gasteiger partial charge in [-0.3, -0.25) is 16.3 Å². The van der Waals surface area contributed by atoms with E-state index in [9.17, 15) is 0 Å². The standard InChI is InChI=1S/C16H23N3S/c1-3-12(2)20-11-15(19-17)10-14-9-8-13-6-4-5-7-16(13)18-14/h4-9,12,15,19H,3,10-11,17H2,1-2H3. The van der Waals surface area contributed by atoms with Crippen molar-refractivity contribution in [2.24, 2.45) is 5.84 Å². The number of thioether (sulfide) groups is 1. The van der Waals surface area contributed by atoms with Crippen LogP contribution in [0.3, 0.4) is 0 Å². The lowest BCUT2D eigenvalue weighted by Crippen LogP contribution is -2.39. The number of rotatable bonds is 7. The number of fused-ring (bicyclic) bond motifs is 1. The molecule has 20 heavy (non-hydrogen) atoms. The molecule has 2 unspecified atom stereocenters. The Morgan fingerprint density at radius 1 is 1.25 bits per heavy atom. The van der Waals surface area contributed by atoms with Crippen molar-refractivity contribution in [3.05, 3.63) is 42.1 Å². The molecule has 1 aromatic carbocycles. The van der Waals surface area contributed by atoms with E-state index >= 15 is 0 Å². The Balaban J connectivity index is 2.01. The Morgan fingerprint density at radius 3 is 2.80 bits per heavy atom. The maximum Gasteiger partial charge on any atom is 0.0705 e. The van der Waals surface area contributed by atoms with Crippen molar-refractivity contribution in [2.45, 2.75) is 38.0 Å². The minimum absolute atomic E-state index is 0.266. The van der Waals surface area contributed by atoms with E-state index in [1.807, 2.05) is 23.9 Å². The molecule has 2 aromatic rings. The average Bonchev–Trinajstić information content (AvgIpc) is 2.50. The molecule has 0 aliphatic carbocycles. The Kier molecular flexibility index (Phi) is 5.83. The Morgan fingerprint density at radius 2 is 2.05 bits per heavy atom. The summed E-state index contributed by atoms with van der Waals surface area (Å²) in [6, 6.07) is 12.7. The lowest BCUT2D eigenvalue weighted by Gasteiger charge is -2.17. The summed E-state index contributed by atoms with van der Waals surface area (Å²) in [5.41, 5.74) is 5.06. The van der Waals surface area contributed by atoms with Gasteiger partial charge in [0.25, 0.3) is 0 Å². The van der Waals surface area contributed by atoms with Gasteiger partial charge in [-0.1, -0.05) is 38.1 Å². The lowest BCUT2D eigenvalue weighted by molar-refractivity contribution is 0.569. The summed E-state index contributed by atoms with van der Waals surface area (Å²) in [6.07, 6.45) is 2.06. The summed E-state index contributed by atoms with van der Waals surface area (Å²) in [5, 5.41) is 1.86. The normalized spacial score (nSPS) is 14.3. The van der Waals surface area contributed by atoms with Crippen molar-refractivity contribution < 1.29 is 0 Å². The summed E-state index contributed by atoms with van der Waals surface area (Å²) in [4.78, 5) is 4.71. The van der Waals surface area contributed by atoms with Gasteiger partial charge in [0.1, 0.15) is 0 Å². The zero-order valence-electron chi connectivity index (χ0n) is 12.2. The van der Waals surface area contributed by atoms with Crippen LogP contribution in [0.25, 0.3) is 10.9 Å². The van der Waals surface area contributed by atoms with Crippen molar-refractivity contribution in [1.29, 1.82) is 0 Å². The summed E-state index contributed by atoms with van der Waals surface area (Å²) < 4.78 is 0. The highest BCUT2D eigenvalue weighted by molar-refractivity contribution is 7.99. The van der Waals surface area contributed by atoms with Crippen LogP contribution >= 0.6 is 11.8 Å². The van der Waals surface area contributed by atoms with E-state index in [0.717, 1.165) is 23.4 Å². The quantitative estimate of drug-likeness (QED) is 0.607. The van der Waals surface area contributed by atoms with E-state index < -0.39 is 0 Å². The lowest BCUT2D eigenvalue weighted by atomic mass is 10.1. The molecule has 0 saturated carbocycles. The molecule has 0 amide bonds. The maximum atomic E-state index is 5.67. The topological polar surface area (TPSA) is 50.9 Å². The third kappa shape index (κ3) is 4.20. The number of benzene rings is 1. The highest BCUT2D eigenvalue weighted by atomic mass is 32.2. The SMILES string of the molecule is CCC(C)SCC(Cc1ccc2ccccc2n1)NN. The molecule has 2 rings (SSSR count). The van der Waals surface area contributed by atoms with Crippen LogP contribution in [0.15, 0.2) is 36.4 Å². The number of nitrogens with two attached hydrogens (primary N) is 1. The van der Waals surface area contributed by atoms with Crippen LogP contribution in [-0.2, 0) is 6.42 Å². The van der Waals surface area contributed by atoms with Gasteiger partial charge >= 0.3 is 0 Å². The van der Waals surface area contributed by atoms with Crippen LogP contribution in [-0.4, -0.2) is 22.0 Å². The van der Waals surface area contributed by atoms with Gasteiger partial charge in [0.15, 0.2) is 0 Å². The molecule has 0 saturated heterocycles. The van der Waals surface area contributed by atoms with Gasteiger partial charge in [-0.05, 0) is 18.6 Å². The first kappa shape index (κ1) is 15.3. The van der Waals surface area contributed by atoms with E-state index in [1.165, 1.54) is 11.8 Å². The molecule has 0 spiro atoms. The molecule has 2 atom stereocenters. The monoisotopic (exact) mass is 289 g/mol.